The molecule has 0 aliphatic rings. The topological polar surface area (TPSA) is 106 Å². The van der Waals surface area contributed by atoms with Crippen molar-refractivity contribution in [2.24, 2.45) is 11.5 Å². The van der Waals surface area contributed by atoms with E-state index in [-0.39, 0.29) is 12.2 Å². The standard InChI is InChI=1S/C8H16N2O3S2/c9-5(1-3-14)6(11)8(10,2-4-15)7(12)13/h5,14-15H,1-4,9-10H2,(H,12,13). The summed E-state index contributed by atoms with van der Waals surface area (Å²) in [7, 11) is 0. The first-order valence-corrected chi connectivity index (χ1v) is 5.70. The van der Waals surface area contributed by atoms with Crippen LogP contribution in [0.4, 0.5) is 0 Å². The molecular formula is C8H16N2O3S2. The maximum atomic E-state index is 11.7. The summed E-state index contributed by atoms with van der Waals surface area (Å²) in [5, 5.41) is 8.90. The fourth-order valence-corrected chi connectivity index (χ4v) is 1.74. The van der Waals surface area contributed by atoms with Gasteiger partial charge >= 0.3 is 5.97 Å². The predicted molar refractivity (Wildman–Crippen MR) is 64.5 cm³/mol. The Morgan fingerprint density at radius 3 is 2.20 bits per heavy atom. The predicted octanol–water partition coefficient (Wildman–Crippen LogP) is -0.695. The van der Waals surface area contributed by atoms with E-state index in [0.29, 0.717) is 12.2 Å². The summed E-state index contributed by atoms with van der Waals surface area (Å²) in [6, 6.07) is -0.886. The van der Waals surface area contributed by atoms with E-state index in [1.165, 1.54) is 0 Å². The minimum atomic E-state index is -1.93. The number of rotatable bonds is 7. The summed E-state index contributed by atoms with van der Waals surface area (Å²) in [4.78, 5) is 22.6. The number of nitrogens with two attached hydrogens (primary N) is 2. The maximum Gasteiger partial charge on any atom is 0.331 e. The second-order valence-corrected chi connectivity index (χ2v) is 4.13. The van der Waals surface area contributed by atoms with E-state index in [4.69, 9.17) is 16.6 Å². The highest BCUT2D eigenvalue weighted by atomic mass is 32.1. The number of carbonyl (C=O) groups excluding carboxylic acids is 1. The zero-order valence-corrected chi connectivity index (χ0v) is 10.0. The molecule has 15 heavy (non-hydrogen) atoms. The molecule has 0 aliphatic carbocycles. The number of aliphatic carboxylic acids is 1. The van der Waals surface area contributed by atoms with Gasteiger partial charge in [0.1, 0.15) is 0 Å². The van der Waals surface area contributed by atoms with Crippen LogP contribution in [0.5, 0.6) is 0 Å². The molecule has 0 saturated carbocycles. The molecule has 0 bridgehead atoms. The first kappa shape index (κ1) is 14.8. The Morgan fingerprint density at radius 2 is 1.87 bits per heavy atom. The first-order chi connectivity index (χ1) is 6.90. The van der Waals surface area contributed by atoms with Gasteiger partial charge < -0.3 is 16.6 Å². The summed E-state index contributed by atoms with van der Waals surface area (Å²) in [5.41, 5.74) is 9.11. The highest BCUT2D eigenvalue weighted by Gasteiger charge is 2.43. The number of hydrogen-bond donors (Lipinski definition) is 5. The van der Waals surface area contributed by atoms with Crippen LogP contribution in [0.3, 0.4) is 0 Å². The average molecular weight is 252 g/mol. The number of Topliss-reactive ketones (excluding diaryl/α,β-unsaturated/α-hetero) is 1. The minimum Gasteiger partial charge on any atom is -0.480 e. The lowest BCUT2D eigenvalue weighted by Crippen LogP contribution is -2.60. The number of ketones is 1. The molecule has 2 unspecified atom stereocenters. The summed E-state index contributed by atoms with van der Waals surface area (Å²) < 4.78 is 0. The van der Waals surface area contributed by atoms with Gasteiger partial charge in [-0.2, -0.15) is 25.3 Å². The number of carboxylic acid groups (broad SMARTS) is 1. The Balaban J connectivity index is 4.77. The molecule has 0 heterocycles. The van der Waals surface area contributed by atoms with Gasteiger partial charge in [-0.05, 0) is 24.3 Å². The second kappa shape index (κ2) is 6.37. The third-order valence-corrected chi connectivity index (χ3v) is 2.59. The van der Waals surface area contributed by atoms with Crippen LogP contribution in [0.25, 0.3) is 0 Å². The van der Waals surface area contributed by atoms with Gasteiger partial charge in [-0.25, -0.2) is 4.79 Å². The van der Waals surface area contributed by atoms with Gasteiger partial charge in [0.25, 0.3) is 0 Å². The Bertz CT molecular complexity index is 250. The Hall–Kier alpha value is -0.240. The molecule has 0 fully saturated rings. The van der Waals surface area contributed by atoms with Crippen molar-refractivity contribution in [1.82, 2.24) is 0 Å². The second-order valence-electron chi connectivity index (χ2n) is 3.23. The van der Waals surface area contributed by atoms with Gasteiger partial charge in [0.15, 0.2) is 11.3 Å². The summed E-state index contributed by atoms with van der Waals surface area (Å²) in [6.07, 6.45) is 0.269. The van der Waals surface area contributed by atoms with Gasteiger partial charge in [0.05, 0.1) is 6.04 Å². The van der Waals surface area contributed by atoms with Crippen molar-refractivity contribution in [3.63, 3.8) is 0 Å². The molecule has 0 aromatic heterocycles. The summed E-state index contributed by atoms with van der Waals surface area (Å²) >= 11 is 7.79. The van der Waals surface area contributed by atoms with Crippen LogP contribution in [0, 0.1) is 0 Å². The SMILES string of the molecule is NC(CCS)C(=O)C(N)(CCS)C(=O)O. The lowest BCUT2D eigenvalue weighted by atomic mass is 9.87. The van der Waals surface area contributed by atoms with Crippen LogP contribution in [0.1, 0.15) is 12.8 Å². The molecule has 5 N–H and O–H groups in total. The summed E-state index contributed by atoms with van der Waals surface area (Å²) in [6.45, 7) is 0. The molecule has 0 aliphatic heterocycles. The molecule has 5 nitrogen and oxygen atoms in total. The maximum absolute atomic E-state index is 11.7. The van der Waals surface area contributed by atoms with Crippen molar-refractivity contribution in [1.29, 1.82) is 0 Å². The molecule has 0 saturated heterocycles. The van der Waals surface area contributed by atoms with Crippen LogP contribution in [0.2, 0.25) is 0 Å². The zero-order chi connectivity index (χ0) is 12.1. The van der Waals surface area contributed by atoms with Gasteiger partial charge in [-0.15, -0.1) is 0 Å². The first-order valence-electron chi connectivity index (χ1n) is 4.44. The molecular weight excluding hydrogens is 236 g/mol. The third kappa shape index (κ3) is 3.67. The smallest absolute Gasteiger partial charge is 0.331 e. The van der Waals surface area contributed by atoms with Crippen LogP contribution < -0.4 is 11.5 Å². The highest BCUT2D eigenvalue weighted by molar-refractivity contribution is 7.80. The largest absolute Gasteiger partial charge is 0.480 e. The molecule has 0 amide bonds. The molecule has 0 aromatic carbocycles. The van der Waals surface area contributed by atoms with Crippen LogP contribution >= 0.6 is 25.3 Å². The molecule has 0 aromatic rings. The van der Waals surface area contributed by atoms with E-state index < -0.39 is 23.3 Å². The van der Waals surface area contributed by atoms with Gasteiger partial charge in [-0.1, -0.05) is 0 Å². The monoisotopic (exact) mass is 252 g/mol. The lowest BCUT2D eigenvalue weighted by molar-refractivity contribution is -0.148. The fourth-order valence-electron chi connectivity index (χ4n) is 1.11. The number of carboxylic acids is 1. The Kier molecular flexibility index (Phi) is 6.26. The number of hydrogen-bond acceptors (Lipinski definition) is 6. The van der Waals surface area contributed by atoms with E-state index >= 15 is 0 Å². The molecule has 2 atom stereocenters. The van der Waals surface area contributed by atoms with Crippen LogP contribution in [0.15, 0.2) is 0 Å². The van der Waals surface area contributed by atoms with Crippen molar-refractivity contribution in [2.75, 3.05) is 11.5 Å². The van der Waals surface area contributed by atoms with E-state index in [0.717, 1.165) is 0 Å². The molecule has 0 spiro atoms. The fraction of sp³-hybridized carbons (Fsp3) is 0.750. The van der Waals surface area contributed by atoms with Crippen molar-refractivity contribution in [2.45, 2.75) is 24.4 Å². The number of carbonyl (C=O) groups is 2. The molecule has 88 valence electrons. The zero-order valence-electron chi connectivity index (χ0n) is 8.22. The minimum absolute atomic E-state index is 0.0372. The van der Waals surface area contributed by atoms with Gasteiger partial charge in [0.2, 0.25) is 0 Å². The quantitative estimate of drug-likeness (QED) is 0.304. The lowest BCUT2D eigenvalue weighted by Gasteiger charge is -2.25. The molecule has 7 heteroatoms. The Morgan fingerprint density at radius 1 is 1.33 bits per heavy atom. The van der Waals surface area contributed by atoms with E-state index in [1.54, 1.807) is 0 Å². The summed E-state index contributed by atoms with van der Waals surface area (Å²) in [5.74, 6) is -1.42. The number of thiol groups is 2. The molecule has 0 radical (unpaired) electrons. The van der Waals surface area contributed by atoms with E-state index in [9.17, 15) is 9.59 Å². The Labute approximate surface area is 99.4 Å². The van der Waals surface area contributed by atoms with Crippen molar-refractivity contribution >= 4 is 37.0 Å². The third-order valence-electron chi connectivity index (χ3n) is 2.10. The van der Waals surface area contributed by atoms with Crippen molar-refractivity contribution in [3.8, 4) is 0 Å². The van der Waals surface area contributed by atoms with Gasteiger partial charge in [-0.3, -0.25) is 4.79 Å². The average Bonchev–Trinajstić information content (AvgIpc) is 2.17. The normalized spacial score (nSPS) is 16.8. The van der Waals surface area contributed by atoms with Crippen LogP contribution in [-0.2, 0) is 9.59 Å². The van der Waals surface area contributed by atoms with Gasteiger partial charge in [0, 0.05) is 0 Å². The highest BCUT2D eigenvalue weighted by Crippen LogP contribution is 2.13. The van der Waals surface area contributed by atoms with Crippen molar-refractivity contribution < 1.29 is 14.7 Å². The van der Waals surface area contributed by atoms with E-state index in [2.05, 4.69) is 25.3 Å². The van der Waals surface area contributed by atoms with Crippen LogP contribution in [-0.4, -0.2) is 39.9 Å². The molecule has 0 rings (SSSR count). The van der Waals surface area contributed by atoms with Crippen molar-refractivity contribution in [3.05, 3.63) is 0 Å². The van der Waals surface area contributed by atoms with E-state index in [1.807, 2.05) is 0 Å².